The molecule has 2 heterocycles. The standard InChI is InChI=1S/C24H29N3O3S.ClH/c1-29-20-9-10-22-21(18-20)25-24(31-22)27(13-5-12-26-14-16-30-17-15-26)23(28)11-8-19-6-3-2-4-7-19;/h2-4,6-7,9-10,18H,5,8,11-17H2,1H3;1H. The maximum atomic E-state index is 13.2. The predicted octanol–water partition coefficient (Wildman–Crippen LogP) is 4.41. The number of halogens is 1. The largest absolute Gasteiger partial charge is 0.497 e. The van der Waals surface area contributed by atoms with Crippen molar-refractivity contribution in [2.24, 2.45) is 0 Å². The molecule has 0 atom stereocenters. The number of thiazole rings is 1. The van der Waals surface area contributed by atoms with Gasteiger partial charge in [-0.05, 0) is 30.5 Å². The molecule has 0 N–H and O–H groups in total. The normalized spacial score (nSPS) is 14.2. The molecule has 1 saturated heterocycles. The highest BCUT2D eigenvalue weighted by molar-refractivity contribution is 7.22. The summed E-state index contributed by atoms with van der Waals surface area (Å²) in [6.45, 7) is 5.14. The van der Waals surface area contributed by atoms with E-state index < -0.39 is 0 Å². The van der Waals surface area contributed by atoms with Gasteiger partial charge in [-0.1, -0.05) is 41.7 Å². The number of carbonyl (C=O) groups excluding carboxylic acids is 1. The Labute approximate surface area is 199 Å². The molecular weight excluding hydrogens is 446 g/mol. The monoisotopic (exact) mass is 475 g/mol. The zero-order valence-electron chi connectivity index (χ0n) is 18.4. The van der Waals surface area contributed by atoms with E-state index in [4.69, 9.17) is 14.5 Å². The lowest BCUT2D eigenvalue weighted by atomic mass is 10.1. The van der Waals surface area contributed by atoms with E-state index in [1.807, 2.05) is 41.3 Å². The minimum absolute atomic E-state index is 0. The molecule has 1 aliphatic rings. The third kappa shape index (κ3) is 6.42. The molecule has 0 saturated carbocycles. The average Bonchev–Trinajstić information content (AvgIpc) is 3.24. The van der Waals surface area contributed by atoms with Crippen molar-refractivity contribution in [3.05, 3.63) is 54.1 Å². The third-order valence-electron chi connectivity index (χ3n) is 5.55. The van der Waals surface area contributed by atoms with Crippen LogP contribution in [0.5, 0.6) is 5.75 Å². The van der Waals surface area contributed by atoms with Crippen molar-refractivity contribution >= 4 is 45.0 Å². The van der Waals surface area contributed by atoms with Gasteiger partial charge in [-0.15, -0.1) is 12.4 Å². The molecule has 172 valence electrons. The van der Waals surface area contributed by atoms with Crippen LogP contribution in [-0.4, -0.2) is 62.3 Å². The Morgan fingerprint density at radius 3 is 2.72 bits per heavy atom. The number of fused-ring (bicyclic) bond motifs is 1. The average molecular weight is 476 g/mol. The summed E-state index contributed by atoms with van der Waals surface area (Å²) < 4.78 is 11.8. The van der Waals surface area contributed by atoms with Gasteiger partial charge in [-0.3, -0.25) is 14.6 Å². The lowest BCUT2D eigenvalue weighted by molar-refractivity contribution is -0.118. The van der Waals surface area contributed by atoms with Gasteiger partial charge in [0.2, 0.25) is 5.91 Å². The van der Waals surface area contributed by atoms with Gasteiger partial charge in [0, 0.05) is 38.7 Å². The fraction of sp³-hybridized carbons (Fsp3) is 0.417. The summed E-state index contributed by atoms with van der Waals surface area (Å²) in [5.41, 5.74) is 2.05. The summed E-state index contributed by atoms with van der Waals surface area (Å²) in [4.78, 5) is 22.3. The first-order valence-corrected chi connectivity index (χ1v) is 11.6. The Kier molecular flexibility index (Phi) is 9.29. The maximum absolute atomic E-state index is 13.2. The Hall–Kier alpha value is -2.19. The first-order valence-electron chi connectivity index (χ1n) is 10.8. The number of ether oxygens (including phenoxy) is 2. The minimum atomic E-state index is 0. The molecule has 0 radical (unpaired) electrons. The highest BCUT2D eigenvalue weighted by Crippen LogP contribution is 2.31. The molecule has 8 heteroatoms. The Morgan fingerprint density at radius 1 is 1.19 bits per heavy atom. The molecule has 1 aliphatic heterocycles. The van der Waals surface area contributed by atoms with Crippen molar-refractivity contribution in [2.45, 2.75) is 19.3 Å². The van der Waals surface area contributed by atoms with Gasteiger partial charge in [-0.2, -0.15) is 0 Å². The van der Waals surface area contributed by atoms with Gasteiger partial charge in [0.05, 0.1) is 30.5 Å². The number of hydrogen-bond acceptors (Lipinski definition) is 6. The number of aryl methyl sites for hydroxylation is 1. The van der Waals surface area contributed by atoms with E-state index in [1.165, 1.54) is 5.56 Å². The predicted molar refractivity (Wildman–Crippen MR) is 132 cm³/mol. The summed E-state index contributed by atoms with van der Waals surface area (Å²) in [5, 5.41) is 0.767. The molecular formula is C24H30ClN3O3S. The molecule has 6 nitrogen and oxygen atoms in total. The second-order valence-electron chi connectivity index (χ2n) is 7.67. The van der Waals surface area contributed by atoms with Crippen LogP contribution >= 0.6 is 23.7 Å². The molecule has 32 heavy (non-hydrogen) atoms. The highest BCUT2D eigenvalue weighted by atomic mass is 35.5. The van der Waals surface area contributed by atoms with E-state index in [0.29, 0.717) is 13.0 Å². The molecule has 0 unspecified atom stereocenters. The van der Waals surface area contributed by atoms with Crippen molar-refractivity contribution in [1.29, 1.82) is 0 Å². The van der Waals surface area contributed by atoms with Crippen LogP contribution in [0.15, 0.2) is 48.5 Å². The molecule has 4 rings (SSSR count). The number of carbonyl (C=O) groups is 1. The molecule has 1 aromatic heterocycles. The number of aromatic nitrogens is 1. The molecule has 0 bridgehead atoms. The Morgan fingerprint density at radius 2 is 1.97 bits per heavy atom. The number of nitrogens with zero attached hydrogens (tertiary/aromatic N) is 3. The fourth-order valence-corrected chi connectivity index (χ4v) is 4.76. The van der Waals surface area contributed by atoms with Crippen LogP contribution in [0.1, 0.15) is 18.4 Å². The van der Waals surface area contributed by atoms with E-state index in [-0.39, 0.29) is 18.3 Å². The molecule has 1 amide bonds. The smallest absolute Gasteiger partial charge is 0.229 e. The first kappa shape index (κ1) is 24.5. The van der Waals surface area contributed by atoms with Crippen molar-refractivity contribution in [2.75, 3.05) is 51.4 Å². The van der Waals surface area contributed by atoms with Crippen molar-refractivity contribution in [1.82, 2.24) is 9.88 Å². The van der Waals surface area contributed by atoms with E-state index in [0.717, 1.165) is 66.8 Å². The maximum Gasteiger partial charge on any atom is 0.229 e. The topological polar surface area (TPSA) is 54.9 Å². The number of morpholine rings is 1. The van der Waals surface area contributed by atoms with Crippen molar-refractivity contribution < 1.29 is 14.3 Å². The van der Waals surface area contributed by atoms with Crippen LogP contribution in [-0.2, 0) is 16.0 Å². The van der Waals surface area contributed by atoms with Crippen molar-refractivity contribution in [3.8, 4) is 5.75 Å². The number of anilines is 1. The van der Waals surface area contributed by atoms with E-state index in [9.17, 15) is 4.79 Å². The van der Waals surface area contributed by atoms with Crippen LogP contribution in [0.25, 0.3) is 10.2 Å². The number of methoxy groups -OCH3 is 1. The summed E-state index contributed by atoms with van der Waals surface area (Å²) in [6.07, 6.45) is 2.12. The quantitative estimate of drug-likeness (QED) is 0.458. The van der Waals surface area contributed by atoms with Crippen LogP contribution in [0.4, 0.5) is 5.13 Å². The number of benzene rings is 2. The number of amides is 1. The van der Waals surface area contributed by atoms with Crippen LogP contribution in [0.3, 0.4) is 0 Å². The second kappa shape index (κ2) is 12.2. The molecule has 1 fully saturated rings. The summed E-state index contributed by atoms with van der Waals surface area (Å²) in [6, 6.07) is 16.0. The summed E-state index contributed by atoms with van der Waals surface area (Å²) in [7, 11) is 1.65. The Bertz CT molecular complexity index is 993. The van der Waals surface area contributed by atoms with E-state index >= 15 is 0 Å². The van der Waals surface area contributed by atoms with Gasteiger partial charge in [0.1, 0.15) is 5.75 Å². The number of rotatable bonds is 9. The SMILES string of the molecule is COc1ccc2sc(N(CCCN3CCOCC3)C(=O)CCc3ccccc3)nc2c1.Cl. The fourth-order valence-electron chi connectivity index (χ4n) is 3.77. The zero-order chi connectivity index (χ0) is 21.5. The van der Waals surface area contributed by atoms with Gasteiger partial charge in [-0.25, -0.2) is 4.98 Å². The highest BCUT2D eigenvalue weighted by Gasteiger charge is 2.20. The molecule has 3 aromatic rings. The number of hydrogen-bond donors (Lipinski definition) is 0. The van der Waals surface area contributed by atoms with E-state index in [2.05, 4.69) is 17.0 Å². The molecule has 0 spiro atoms. The van der Waals surface area contributed by atoms with Crippen molar-refractivity contribution in [3.63, 3.8) is 0 Å². The molecule has 2 aromatic carbocycles. The lowest BCUT2D eigenvalue weighted by Crippen LogP contribution is -2.39. The van der Waals surface area contributed by atoms with Gasteiger partial charge in [0.25, 0.3) is 0 Å². The van der Waals surface area contributed by atoms with Gasteiger partial charge >= 0.3 is 0 Å². The lowest BCUT2D eigenvalue weighted by Gasteiger charge is -2.27. The van der Waals surface area contributed by atoms with Crippen LogP contribution in [0.2, 0.25) is 0 Å². The van der Waals surface area contributed by atoms with Crippen LogP contribution in [0, 0.1) is 0 Å². The summed E-state index contributed by atoms with van der Waals surface area (Å²) >= 11 is 1.57. The first-order chi connectivity index (χ1) is 15.2. The second-order valence-corrected chi connectivity index (χ2v) is 8.68. The Balaban J connectivity index is 0.00000289. The van der Waals surface area contributed by atoms with Gasteiger partial charge < -0.3 is 9.47 Å². The zero-order valence-corrected chi connectivity index (χ0v) is 20.0. The van der Waals surface area contributed by atoms with Gasteiger partial charge in [0.15, 0.2) is 5.13 Å². The third-order valence-corrected chi connectivity index (χ3v) is 6.60. The van der Waals surface area contributed by atoms with E-state index in [1.54, 1.807) is 18.4 Å². The molecule has 0 aliphatic carbocycles. The van der Waals surface area contributed by atoms with Crippen LogP contribution < -0.4 is 9.64 Å². The minimum Gasteiger partial charge on any atom is -0.497 e. The summed E-state index contributed by atoms with van der Waals surface area (Å²) in [5.74, 6) is 0.899.